The smallest absolute Gasteiger partial charge is 0.158 e. The molecule has 0 aromatic heterocycles. The number of hydrogen-bond donors (Lipinski definition) is 3. The molecule has 1 heterocycles. The molecule has 4 nitrogen and oxygen atoms in total. The van der Waals surface area contributed by atoms with Gasteiger partial charge in [-0.15, -0.1) is 0 Å². The Labute approximate surface area is 103 Å². The second-order valence-corrected chi connectivity index (χ2v) is 3.46. The average molecular weight is 265 g/mol. The second-order valence-electron chi connectivity index (χ2n) is 3.46. The minimum atomic E-state index is -0.874. The summed E-state index contributed by atoms with van der Waals surface area (Å²) in [5, 5.41) is 27.6. The van der Waals surface area contributed by atoms with E-state index < -0.39 is 18.5 Å². The summed E-state index contributed by atoms with van der Waals surface area (Å²) in [6.45, 7) is 3.39. The van der Waals surface area contributed by atoms with Gasteiger partial charge < -0.3 is 20.1 Å². The fourth-order valence-corrected chi connectivity index (χ4v) is 1.44. The third-order valence-corrected chi connectivity index (χ3v) is 2.69. The van der Waals surface area contributed by atoms with Crippen LogP contribution in [-0.2, 0) is 37.4 Å². The van der Waals surface area contributed by atoms with Gasteiger partial charge in [-0.25, -0.2) is 0 Å². The molecule has 0 saturated carbocycles. The van der Waals surface area contributed by atoms with Crippen molar-refractivity contribution in [3.63, 3.8) is 0 Å². The van der Waals surface area contributed by atoms with Gasteiger partial charge in [-0.1, -0.05) is 13.8 Å². The Balaban J connectivity index is 0.00000144. The van der Waals surface area contributed by atoms with E-state index in [4.69, 9.17) is 9.84 Å². The van der Waals surface area contributed by atoms with Crippen molar-refractivity contribution in [3.8, 4) is 0 Å². The Bertz CT molecular complexity index is 150. The molecular formula is C8H16O4Y. The van der Waals surface area contributed by atoms with Crippen molar-refractivity contribution in [3.05, 3.63) is 0 Å². The summed E-state index contributed by atoms with van der Waals surface area (Å²) < 4.78 is 4.99. The van der Waals surface area contributed by atoms with Crippen LogP contribution in [0.4, 0.5) is 0 Å². The van der Waals surface area contributed by atoms with Crippen molar-refractivity contribution in [2.45, 2.75) is 32.3 Å². The van der Waals surface area contributed by atoms with Crippen LogP contribution < -0.4 is 0 Å². The SMILES string of the molecule is CC1C(O)OC(CO)C(O)C1C.[Y]. The van der Waals surface area contributed by atoms with Gasteiger partial charge >= 0.3 is 0 Å². The normalized spacial score (nSPS) is 45.5. The van der Waals surface area contributed by atoms with Gasteiger partial charge in [0, 0.05) is 38.6 Å². The molecule has 0 amide bonds. The Hall–Kier alpha value is 0.944. The molecule has 75 valence electrons. The quantitative estimate of drug-likeness (QED) is 0.588. The zero-order valence-electron chi connectivity index (χ0n) is 7.92. The first kappa shape index (κ1) is 13.9. The van der Waals surface area contributed by atoms with E-state index >= 15 is 0 Å². The molecule has 5 atom stereocenters. The molecule has 5 unspecified atom stereocenters. The first-order chi connectivity index (χ1) is 5.57. The first-order valence-electron chi connectivity index (χ1n) is 4.20. The van der Waals surface area contributed by atoms with Crippen LogP contribution in [0.5, 0.6) is 0 Å². The molecule has 0 spiro atoms. The minimum Gasteiger partial charge on any atom is -0.394 e. The van der Waals surface area contributed by atoms with E-state index in [9.17, 15) is 10.2 Å². The molecule has 1 fully saturated rings. The van der Waals surface area contributed by atoms with E-state index in [1.54, 1.807) is 0 Å². The van der Waals surface area contributed by atoms with Crippen LogP contribution in [-0.4, -0.2) is 40.4 Å². The van der Waals surface area contributed by atoms with Gasteiger partial charge in [0.05, 0.1) is 12.7 Å². The Kier molecular flexibility index (Phi) is 6.15. The maximum atomic E-state index is 9.53. The van der Waals surface area contributed by atoms with Crippen LogP contribution in [0.1, 0.15) is 13.8 Å². The average Bonchev–Trinajstić information content (AvgIpc) is 2.08. The second kappa shape index (κ2) is 5.73. The molecule has 0 aromatic carbocycles. The summed E-state index contributed by atoms with van der Waals surface area (Å²) in [7, 11) is 0. The zero-order chi connectivity index (χ0) is 9.30. The van der Waals surface area contributed by atoms with Gasteiger partial charge in [0.1, 0.15) is 6.10 Å². The summed E-state index contributed by atoms with van der Waals surface area (Å²) in [5.41, 5.74) is 0. The minimum absolute atomic E-state index is 0. The van der Waals surface area contributed by atoms with E-state index in [0.717, 1.165) is 0 Å². The summed E-state index contributed by atoms with van der Waals surface area (Å²) in [5.74, 6) is -0.145. The van der Waals surface area contributed by atoms with Crippen LogP contribution in [0.25, 0.3) is 0 Å². The van der Waals surface area contributed by atoms with E-state index in [0.29, 0.717) is 0 Å². The van der Waals surface area contributed by atoms with Crippen LogP contribution >= 0.6 is 0 Å². The maximum Gasteiger partial charge on any atom is 0.158 e. The predicted molar refractivity (Wildman–Crippen MR) is 42.3 cm³/mol. The molecule has 0 aliphatic carbocycles. The maximum absolute atomic E-state index is 9.53. The molecule has 1 aliphatic rings. The van der Waals surface area contributed by atoms with Gasteiger partial charge in [-0.3, -0.25) is 0 Å². The van der Waals surface area contributed by atoms with E-state index in [-0.39, 0.29) is 51.2 Å². The Morgan fingerprint density at radius 1 is 1.15 bits per heavy atom. The van der Waals surface area contributed by atoms with Crippen molar-refractivity contribution < 1.29 is 52.8 Å². The van der Waals surface area contributed by atoms with Gasteiger partial charge in [0.15, 0.2) is 6.29 Å². The number of aliphatic hydroxyl groups excluding tert-OH is 3. The van der Waals surface area contributed by atoms with Crippen LogP contribution in [0.2, 0.25) is 0 Å². The summed E-state index contributed by atoms with van der Waals surface area (Å²) in [4.78, 5) is 0. The molecule has 13 heavy (non-hydrogen) atoms. The van der Waals surface area contributed by atoms with Crippen molar-refractivity contribution in [1.82, 2.24) is 0 Å². The molecular weight excluding hydrogens is 249 g/mol. The van der Waals surface area contributed by atoms with Gasteiger partial charge in [-0.05, 0) is 5.92 Å². The van der Waals surface area contributed by atoms with Gasteiger partial charge in [0.2, 0.25) is 0 Å². The van der Waals surface area contributed by atoms with E-state index in [2.05, 4.69) is 0 Å². The summed E-state index contributed by atoms with van der Waals surface area (Å²) in [6.07, 6.45) is -2.21. The Morgan fingerprint density at radius 2 is 1.69 bits per heavy atom. The topological polar surface area (TPSA) is 69.9 Å². The molecule has 0 bridgehead atoms. The largest absolute Gasteiger partial charge is 0.394 e. The Morgan fingerprint density at radius 3 is 2.15 bits per heavy atom. The molecule has 0 aromatic rings. The first-order valence-corrected chi connectivity index (χ1v) is 4.20. The predicted octanol–water partition coefficient (Wildman–Crippen LogP) is -0.674. The van der Waals surface area contributed by atoms with Gasteiger partial charge in [-0.2, -0.15) is 0 Å². The number of rotatable bonds is 1. The van der Waals surface area contributed by atoms with Crippen LogP contribution in [0, 0.1) is 11.8 Å². The third kappa shape index (κ3) is 2.94. The van der Waals surface area contributed by atoms with Crippen molar-refractivity contribution >= 4 is 0 Å². The number of aliphatic hydroxyl groups is 3. The zero-order valence-corrected chi connectivity index (χ0v) is 10.8. The summed E-state index contributed by atoms with van der Waals surface area (Å²) in [6, 6.07) is 0. The fraction of sp³-hybridized carbons (Fsp3) is 1.00. The molecule has 1 rings (SSSR count). The van der Waals surface area contributed by atoms with Gasteiger partial charge in [0.25, 0.3) is 0 Å². The fourth-order valence-electron chi connectivity index (χ4n) is 1.44. The van der Waals surface area contributed by atoms with Crippen molar-refractivity contribution in [2.24, 2.45) is 11.8 Å². The number of ether oxygens (including phenoxy) is 1. The number of hydrogen-bond acceptors (Lipinski definition) is 4. The monoisotopic (exact) mass is 265 g/mol. The third-order valence-electron chi connectivity index (χ3n) is 2.69. The summed E-state index contributed by atoms with van der Waals surface area (Å²) >= 11 is 0. The molecule has 3 N–H and O–H groups in total. The van der Waals surface area contributed by atoms with Crippen molar-refractivity contribution in [1.29, 1.82) is 0 Å². The molecule has 5 heteroatoms. The van der Waals surface area contributed by atoms with Crippen LogP contribution in [0.15, 0.2) is 0 Å². The standard InChI is InChI=1S/C8H16O4.Y/c1-4-5(2)8(11)12-6(3-9)7(4)10;/h4-11H,3H2,1-2H3;. The van der Waals surface area contributed by atoms with Crippen LogP contribution in [0.3, 0.4) is 0 Å². The molecule has 1 aliphatic heterocycles. The molecule has 1 saturated heterocycles. The van der Waals surface area contributed by atoms with E-state index in [1.807, 2.05) is 13.8 Å². The van der Waals surface area contributed by atoms with E-state index in [1.165, 1.54) is 0 Å². The molecule has 1 radical (unpaired) electrons. The van der Waals surface area contributed by atoms with Crippen molar-refractivity contribution in [2.75, 3.05) is 6.61 Å².